The van der Waals surface area contributed by atoms with Gasteiger partial charge in [0.05, 0.1) is 5.02 Å². The molecule has 2 aromatic rings. The molecule has 0 aliphatic rings. The largest absolute Gasteiger partial charge is 0.489 e. The molecule has 0 aromatic heterocycles. The standard InChI is InChI=1S/C15H15ClN2O2/c1-10-4-2-3-5-11(10)9-20-12-6-7-13(14(16)8-12)15(17)18-19/h2-8,19H,9H2,1H3,(H2,17,18). The van der Waals surface area contributed by atoms with Gasteiger partial charge in [0.25, 0.3) is 0 Å². The lowest BCUT2D eigenvalue weighted by atomic mass is 10.1. The van der Waals surface area contributed by atoms with Gasteiger partial charge in [-0.05, 0) is 36.2 Å². The van der Waals surface area contributed by atoms with Gasteiger partial charge >= 0.3 is 0 Å². The summed E-state index contributed by atoms with van der Waals surface area (Å²) in [4.78, 5) is 0. The first-order valence-corrected chi connectivity index (χ1v) is 6.44. The lowest BCUT2D eigenvalue weighted by Gasteiger charge is -2.10. The monoisotopic (exact) mass is 290 g/mol. The molecular weight excluding hydrogens is 276 g/mol. The molecule has 0 unspecified atom stereocenters. The number of benzene rings is 2. The number of halogens is 1. The van der Waals surface area contributed by atoms with Crippen LogP contribution < -0.4 is 10.5 Å². The van der Waals surface area contributed by atoms with Crippen LogP contribution >= 0.6 is 11.6 Å². The Bertz CT molecular complexity index is 642. The van der Waals surface area contributed by atoms with Gasteiger partial charge in [-0.1, -0.05) is 41.0 Å². The predicted molar refractivity (Wildman–Crippen MR) is 79.5 cm³/mol. The Hall–Kier alpha value is -2.20. The van der Waals surface area contributed by atoms with E-state index in [9.17, 15) is 0 Å². The number of aryl methyl sites for hydroxylation is 1. The fourth-order valence-electron chi connectivity index (χ4n) is 1.78. The smallest absolute Gasteiger partial charge is 0.171 e. The van der Waals surface area contributed by atoms with E-state index in [0.29, 0.717) is 22.9 Å². The summed E-state index contributed by atoms with van der Waals surface area (Å²) >= 11 is 6.06. The van der Waals surface area contributed by atoms with Crippen LogP contribution in [0.15, 0.2) is 47.6 Å². The van der Waals surface area contributed by atoms with Crippen molar-refractivity contribution in [1.82, 2.24) is 0 Å². The first-order valence-electron chi connectivity index (χ1n) is 6.06. The van der Waals surface area contributed by atoms with Crippen molar-refractivity contribution in [3.63, 3.8) is 0 Å². The normalized spacial score (nSPS) is 11.4. The molecule has 0 aliphatic carbocycles. The van der Waals surface area contributed by atoms with Crippen molar-refractivity contribution in [1.29, 1.82) is 0 Å². The van der Waals surface area contributed by atoms with Gasteiger partial charge < -0.3 is 15.7 Å². The van der Waals surface area contributed by atoms with Crippen LogP contribution in [0.3, 0.4) is 0 Å². The van der Waals surface area contributed by atoms with E-state index >= 15 is 0 Å². The Morgan fingerprint density at radius 1 is 1.30 bits per heavy atom. The minimum atomic E-state index is -0.0274. The molecule has 0 fully saturated rings. The Balaban J connectivity index is 2.12. The van der Waals surface area contributed by atoms with Crippen LogP contribution in [0.5, 0.6) is 5.75 Å². The van der Waals surface area contributed by atoms with Crippen LogP contribution in [0, 0.1) is 6.92 Å². The Morgan fingerprint density at radius 3 is 2.70 bits per heavy atom. The van der Waals surface area contributed by atoms with E-state index in [1.807, 2.05) is 31.2 Å². The number of amidine groups is 1. The summed E-state index contributed by atoms with van der Waals surface area (Å²) in [6.45, 7) is 2.50. The topological polar surface area (TPSA) is 67.8 Å². The first-order chi connectivity index (χ1) is 9.61. The maximum Gasteiger partial charge on any atom is 0.171 e. The Labute approximate surface area is 122 Å². The number of hydrogen-bond acceptors (Lipinski definition) is 3. The van der Waals surface area contributed by atoms with Crippen molar-refractivity contribution >= 4 is 17.4 Å². The molecule has 0 saturated carbocycles. The predicted octanol–water partition coefficient (Wildman–Crippen LogP) is 3.32. The highest BCUT2D eigenvalue weighted by molar-refractivity contribution is 6.34. The third-order valence-corrected chi connectivity index (χ3v) is 3.29. The minimum Gasteiger partial charge on any atom is -0.489 e. The summed E-state index contributed by atoms with van der Waals surface area (Å²) in [5, 5.41) is 11.9. The summed E-state index contributed by atoms with van der Waals surface area (Å²) in [5.74, 6) is 0.605. The third-order valence-electron chi connectivity index (χ3n) is 2.98. The molecule has 0 heterocycles. The maximum atomic E-state index is 8.64. The Kier molecular flexibility index (Phi) is 4.48. The van der Waals surface area contributed by atoms with Gasteiger partial charge in [-0.2, -0.15) is 0 Å². The van der Waals surface area contributed by atoms with Gasteiger partial charge in [0, 0.05) is 5.56 Å². The molecule has 0 amide bonds. The molecule has 20 heavy (non-hydrogen) atoms. The van der Waals surface area contributed by atoms with E-state index in [4.69, 9.17) is 27.3 Å². The quantitative estimate of drug-likeness (QED) is 0.393. The molecule has 0 spiro atoms. The molecule has 2 rings (SSSR count). The van der Waals surface area contributed by atoms with Crippen LogP contribution in [-0.4, -0.2) is 11.0 Å². The molecule has 0 radical (unpaired) electrons. The highest BCUT2D eigenvalue weighted by atomic mass is 35.5. The molecule has 0 aliphatic heterocycles. The lowest BCUT2D eigenvalue weighted by Crippen LogP contribution is -2.13. The van der Waals surface area contributed by atoms with Crippen LogP contribution in [0.2, 0.25) is 5.02 Å². The van der Waals surface area contributed by atoms with Gasteiger partial charge in [0.1, 0.15) is 12.4 Å². The van der Waals surface area contributed by atoms with Gasteiger partial charge in [-0.25, -0.2) is 0 Å². The maximum absolute atomic E-state index is 8.64. The molecule has 2 aromatic carbocycles. The average Bonchev–Trinajstić information content (AvgIpc) is 2.46. The number of nitrogens with two attached hydrogens (primary N) is 1. The first kappa shape index (κ1) is 14.2. The molecule has 104 valence electrons. The summed E-state index contributed by atoms with van der Waals surface area (Å²) in [7, 11) is 0. The zero-order chi connectivity index (χ0) is 14.5. The molecule has 0 saturated heterocycles. The molecule has 0 bridgehead atoms. The van der Waals surface area contributed by atoms with E-state index < -0.39 is 0 Å². The van der Waals surface area contributed by atoms with Crippen LogP contribution in [-0.2, 0) is 6.61 Å². The molecule has 4 nitrogen and oxygen atoms in total. The van der Waals surface area contributed by atoms with Gasteiger partial charge in [0.15, 0.2) is 5.84 Å². The third kappa shape index (κ3) is 3.22. The van der Waals surface area contributed by atoms with Crippen molar-refractivity contribution in [2.24, 2.45) is 10.9 Å². The van der Waals surface area contributed by atoms with Crippen molar-refractivity contribution in [3.8, 4) is 5.75 Å². The summed E-state index contributed by atoms with van der Waals surface area (Å²) in [5.41, 5.74) is 8.26. The average molecular weight is 291 g/mol. The van der Waals surface area contributed by atoms with Crippen molar-refractivity contribution < 1.29 is 9.94 Å². The lowest BCUT2D eigenvalue weighted by molar-refractivity contribution is 0.305. The summed E-state index contributed by atoms with van der Waals surface area (Å²) in [6, 6.07) is 13.0. The highest BCUT2D eigenvalue weighted by Crippen LogP contribution is 2.23. The minimum absolute atomic E-state index is 0.0274. The van der Waals surface area contributed by atoms with E-state index in [1.54, 1.807) is 18.2 Å². The number of rotatable bonds is 4. The fraction of sp³-hybridized carbons (Fsp3) is 0.133. The van der Waals surface area contributed by atoms with E-state index in [0.717, 1.165) is 5.56 Å². The van der Waals surface area contributed by atoms with Gasteiger partial charge in [-0.15, -0.1) is 0 Å². The second-order valence-corrected chi connectivity index (χ2v) is 4.75. The Morgan fingerprint density at radius 2 is 2.05 bits per heavy atom. The van der Waals surface area contributed by atoms with Crippen molar-refractivity contribution in [3.05, 3.63) is 64.2 Å². The van der Waals surface area contributed by atoms with Crippen LogP contribution in [0.4, 0.5) is 0 Å². The summed E-state index contributed by atoms with van der Waals surface area (Å²) < 4.78 is 5.69. The molecular formula is C15H15ClN2O2. The van der Waals surface area contributed by atoms with Gasteiger partial charge in [0.2, 0.25) is 0 Å². The molecule has 3 N–H and O–H groups in total. The van der Waals surface area contributed by atoms with E-state index in [2.05, 4.69) is 5.16 Å². The zero-order valence-electron chi connectivity index (χ0n) is 11.0. The van der Waals surface area contributed by atoms with Crippen molar-refractivity contribution in [2.45, 2.75) is 13.5 Å². The second-order valence-electron chi connectivity index (χ2n) is 4.34. The fourth-order valence-corrected chi connectivity index (χ4v) is 2.05. The number of hydrogen-bond donors (Lipinski definition) is 2. The number of ether oxygens (including phenoxy) is 1. The van der Waals surface area contributed by atoms with Crippen LogP contribution in [0.1, 0.15) is 16.7 Å². The number of nitrogens with zero attached hydrogens (tertiary/aromatic N) is 1. The highest BCUT2D eigenvalue weighted by Gasteiger charge is 2.07. The van der Waals surface area contributed by atoms with Gasteiger partial charge in [-0.3, -0.25) is 0 Å². The number of oxime groups is 1. The van der Waals surface area contributed by atoms with E-state index in [-0.39, 0.29) is 5.84 Å². The van der Waals surface area contributed by atoms with Crippen LogP contribution in [0.25, 0.3) is 0 Å². The molecule has 0 atom stereocenters. The zero-order valence-corrected chi connectivity index (χ0v) is 11.8. The second kappa shape index (κ2) is 6.30. The van der Waals surface area contributed by atoms with E-state index in [1.165, 1.54) is 5.56 Å². The summed E-state index contributed by atoms with van der Waals surface area (Å²) in [6.07, 6.45) is 0. The van der Waals surface area contributed by atoms with Crippen molar-refractivity contribution in [2.75, 3.05) is 0 Å². The molecule has 5 heteroatoms. The SMILES string of the molecule is Cc1ccccc1COc1ccc(/C(N)=N/O)c(Cl)c1.